The first-order valence-corrected chi connectivity index (χ1v) is 5.90. The molecule has 0 bridgehead atoms. The van der Waals surface area contributed by atoms with E-state index >= 15 is 0 Å². The van der Waals surface area contributed by atoms with Gasteiger partial charge in [0.15, 0.2) is 23.6 Å². The fraction of sp³-hybridized carbons (Fsp3) is 0.0667. The molecule has 2 aromatic carbocycles. The molecule has 1 amide bonds. The third-order valence-electron chi connectivity index (χ3n) is 2.53. The van der Waals surface area contributed by atoms with Crippen LogP contribution < -0.4 is 10.1 Å². The molecule has 2 aromatic rings. The number of hydrogen-bond acceptors (Lipinski definition) is 3. The van der Waals surface area contributed by atoms with Crippen LogP contribution in [0.5, 0.6) is 11.5 Å². The van der Waals surface area contributed by atoms with Crippen LogP contribution in [0.3, 0.4) is 0 Å². The van der Waals surface area contributed by atoms with E-state index in [4.69, 9.17) is 4.74 Å². The first kappa shape index (κ1) is 13.7. The number of amides is 1. The first-order chi connectivity index (χ1) is 9.61. The Morgan fingerprint density at radius 2 is 1.95 bits per heavy atom. The second kappa shape index (κ2) is 5.97. The highest BCUT2D eigenvalue weighted by Gasteiger charge is 2.13. The normalized spacial score (nSPS) is 9.90. The van der Waals surface area contributed by atoms with Gasteiger partial charge in [-0.25, -0.2) is 4.39 Å². The topological polar surface area (TPSA) is 55.4 Å². The number of nitrogens with one attached hydrogen (secondary N) is 1. The number of para-hydroxylation sites is 3. The molecule has 0 aliphatic rings. The maximum absolute atomic E-state index is 13.7. The standard InChI is InChI=1S/C15H12FNO3/c1-10(19)17-13-7-2-3-8-14(13)20-15-11(9-18)5-4-6-12(15)16/h2-9H,1H3,(H,17,19). The third-order valence-corrected chi connectivity index (χ3v) is 2.53. The number of anilines is 1. The minimum atomic E-state index is -0.646. The molecule has 1 N–H and O–H groups in total. The second-order valence-corrected chi connectivity index (χ2v) is 4.06. The molecule has 0 unspecified atom stereocenters. The number of hydrogen-bond donors (Lipinski definition) is 1. The van der Waals surface area contributed by atoms with Crippen LogP contribution in [-0.4, -0.2) is 12.2 Å². The highest BCUT2D eigenvalue weighted by Crippen LogP contribution is 2.32. The van der Waals surface area contributed by atoms with Crippen LogP contribution in [0.2, 0.25) is 0 Å². The Hall–Kier alpha value is -2.69. The van der Waals surface area contributed by atoms with E-state index in [1.807, 2.05) is 0 Å². The average molecular weight is 273 g/mol. The van der Waals surface area contributed by atoms with E-state index in [0.29, 0.717) is 12.0 Å². The lowest BCUT2D eigenvalue weighted by Gasteiger charge is -2.13. The summed E-state index contributed by atoms with van der Waals surface area (Å²) in [5.41, 5.74) is 0.503. The molecule has 20 heavy (non-hydrogen) atoms. The largest absolute Gasteiger partial charge is 0.451 e. The molecule has 0 saturated heterocycles. The summed E-state index contributed by atoms with van der Waals surface area (Å²) in [5, 5.41) is 2.58. The van der Waals surface area contributed by atoms with E-state index < -0.39 is 5.82 Å². The Balaban J connectivity index is 2.40. The Morgan fingerprint density at radius 3 is 2.65 bits per heavy atom. The fourth-order valence-electron chi connectivity index (χ4n) is 1.68. The molecule has 0 atom stereocenters. The lowest BCUT2D eigenvalue weighted by atomic mass is 10.2. The summed E-state index contributed by atoms with van der Waals surface area (Å²) < 4.78 is 19.2. The van der Waals surface area contributed by atoms with Crippen molar-refractivity contribution in [3.05, 3.63) is 53.8 Å². The van der Waals surface area contributed by atoms with Gasteiger partial charge in [-0.2, -0.15) is 0 Å². The second-order valence-electron chi connectivity index (χ2n) is 4.06. The number of carbonyl (C=O) groups excluding carboxylic acids is 2. The number of carbonyl (C=O) groups is 2. The number of ether oxygens (including phenoxy) is 1. The van der Waals surface area contributed by atoms with E-state index in [9.17, 15) is 14.0 Å². The number of benzene rings is 2. The average Bonchev–Trinajstić information content (AvgIpc) is 2.42. The van der Waals surface area contributed by atoms with Crippen molar-refractivity contribution in [2.24, 2.45) is 0 Å². The van der Waals surface area contributed by atoms with Gasteiger partial charge >= 0.3 is 0 Å². The zero-order valence-electron chi connectivity index (χ0n) is 10.7. The van der Waals surface area contributed by atoms with Gasteiger partial charge in [0.05, 0.1) is 11.3 Å². The number of rotatable bonds is 4. The zero-order chi connectivity index (χ0) is 14.5. The summed E-state index contributed by atoms with van der Waals surface area (Å²) in [6, 6.07) is 10.7. The molecular formula is C15H12FNO3. The van der Waals surface area contributed by atoms with E-state index in [1.54, 1.807) is 24.3 Å². The predicted octanol–water partition coefficient (Wildman–Crippen LogP) is 3.39. The molecule has 0 aliphatic carbocycles. The van der Waals surface area contributed by atoms with Crippen molar-refractivity contribution in [3.8, 4) is 11.5 Å². The quantitative estimate of drug-likeness (QED) is 0.869. The van der Waals surface area contributed by atoms with Gasteiger partial charge in [0, 0.05) is 6.92 Å². The summed E-state index contributed by atoms with van der Waals surface area (Å²) in [5.74, 6) is -0.825. The van der Waals surface area contributed by atoms with Crippen molar-refractivity contribution in [1.29, 1.82) is 0 Å². The summed E-state index contributed by atoms with van der Waals surface area (Å²) in [6.45, 7) is 1.36. The van der Waals surface area contributed by atoms with Crippen molar-refractivity contribution in [2.75, 3.05) is 5.32 Å². The molecule has 0 radical (unpaired) electrons. The lowest BCUT2D eigenvalue weighted by molar-refractivity contribution is -0.114. The number of halogens is 1. The monoisotopic (exact) mass is 273 g/mol. The van der Waals surface area contributed by atoms with Crippen LogP contribution in [0.1, 0.15) is 17.3 Å². The van der Waals surface area contributed by atoms with Crippen molar-refractivity contribution >= 4 is 17.9 Å². The van der Waals surface area contributed by atoms with E-state index in [1.165, 1.54) is 25.1 Å². The molecule has 0 spiro atoms. The van der Waals surface area contributed by atoms with Gasteiger partial charge in [-0.15, -0.1) is 0 Å². The lowest BCUT2D eigenvalue weighted by Crippen LogP contribution is -2.07. The van der Waals surface area contributed by atoms with Gasteiger partial charge in [-0.3, -0.25) is 9.59 Å². The Morgan fingerprint density at radius 1 is 1.20 bits per heavy atom. The van der Waals surface area contributed by atoms with Crippen LogP contribution in [0, 0.1) is 5.82 Å². The Kier molecular flexibility index (Phi) is 4.10. The molecule has 0 aromatic heterocycles. The molecule has 5 heteroatoms. The molecular weight excluding hydrogens is 261 g/mol. The van der Waals surface area contributed by atoms with E-state index in [2.05, 4.69) is 5.32 Å². The molecule has 0 fully saturated rings. The smallest absolute Gasteiger partial charge is 0.221 e. The third kappa shape index (κ3) is 3.00. The van der Waals surface area contributed by atoms with Crippen LogP contribution in [0.15, 0.2) is 42.5 Å². The number of aldehydes is 1. The molecule has 102 valence electrons. The summed E-state index contributed by atoms with van der Waals surface area (Å²) >= 11 is 0. The Bertz CT molecular complexity index is 655. The maximum Gasteiger partial charge on any atom is 0.221 e. The van der Waals surface area contributed by atoms with E-state index in [-0.39, 0.29) is 23.0 Å². The van der Waals surface area contributed by atoms with Crippen molar-refractivity contribution in [1.82, 2.24) is 0 Å². The molecule has 0 heterocycles. The minimum Gasteiger partial charge on any atom is -0.451 e. The van der Waals surface area contributed by atoms with Crippen molar-refractivity contribution in [2.45, 2.75) is 6.92 Å². The highest BCUT2D eigenvalue weighted by molar-refractivity contribution is 5.90. The van der Waals surface area contributed by atoms with Crippen LogP contribution in [0.4, 0.5) is 10.1 Å². The predicted molar refractivity (Wildman–Crippen MR) is 72.6 cm³/mol. The Labute approximate surface area is 115 Å². The fourth-order valence-corrected chi connectivity index (χ4v) is 1.68. The first-order valence-electron chi connectivity index (χ1n) is 5.90. The van der Waals surface area contributed by atoms with Crippen LogP contribution in [0.25, 0.3) is 0 Å². The minimum absolute atomic E-state index is 0.0997. The zero-order valence-corrected chi connectivity index (χ0v) is 10.7. The van der Waals surface area contributed by atoms with Gasteiger partial charge < -0.3 is 10.1 Å². The van der Waals surface area contributed by atoms with Crippen LogP contribution >= 0.6 is 0 Å². The van der Waals surface area contributed by atoms with Gasteiger partial charge in [0.25, 0.3) is 0 Å². The molecule has 0 aliphatic heterocycles. The molecule has 4 nitrogen and oxygen atoms in total. The van der Waals surface area contributed by atoms with Crippen molar-refractivity contribution < 1.29 is 18.7 Å². The molecule has 0 saturated carbocycles. The molecule has 2 rings (SSSR count). The highest BCUT2D eigenvalue weighted by atomic mass is 19.1. The van der Waals surface area contributed by atoms with Gasteiger partial charge in [-0.05, 0) is 24.3 Å². The van der Waals surface area contributed by atoms with E-state index in [0.717, 1.165) is 0 Å². The summed E-state index contributed by atoms with van der Waals surface area (Å²) in [4.78, 5) is 22.0. The summed E-state index contributed by atoms with van der Waals surface area (Å²) in [6.07, 6.45) is 0.513. The summed E-state index contributed by atoms with van der Waals surface area (Å²) in [7, 11) is 0. The van der Waals surface area contributed by atoms with Gasteiger partial charge in [0.1, 0.15) is 0 Å². The van der Waals surface area contributed by atoms with Crippen LogP contribution in [-0.2, 0) is 4.79 Å². The van der Waals surface area contributed by atoms with Gasteiger partial charge in [-0.1, -0.05) is 18.2 Å². The SMILES string of the molecule is CC(=O)Nc1ccccc1Oc1c(F)cccc1C=O. The van der Waals surface area contributed by atoms with Gasteiger partial charge in [0.2, 0.25) is 5.91 Å². The maximum atomic E-state index is 13.7. The van der Waals surface area contributed by atoms with Crippen molar-refractivity contribution in [3.63, 3.8) is 0 Å².